The highest BCUT2D eigenvalue weighted by Gasteiger charge is 2.32. The van der Waals surface area contributed by atoms with E-state index in [9.17, 15) is 22.8 Å². The van der Waals surface area contributed by atoms with Crippen molar-refractivity contribution in [3.05, 3.63) is 29.8 Å². The molecule has 1 saturated heterocycles. The van der Waals surface area contributed by atoms with Crippen molar-refractivity contribution in [1.82, 2.24) is 4.90 Å². The number of esters is 1. The van der Waals surface area contributed by atoms with Gasteiger partial charge < -0.3 is 15.0 Å². The van der Waals surface area contributed by atoms with Crippen molar-refractivity contribution < 1.29 is 27.5 Å². The predicted octanol–water partition coefficient (Wildman–Crippen LogP) is 0.447. The first-order chi connectivity index (χ1) is 11.7. The number of hydrogen-bond donors (Lipinski definition) is 1. The third kappa shape index (κ3) is 5.28. The van der Waals surface area contributed by atoms with Crippen molar-refractivity contribution in [2.45, 2.75) is 19.4 Å². The molecule has 2 rings (SSSR count). The van der Waals surface area contributed by atoms with Gasteiger partial charge in [-0.1, -0.05) is 6.07 Å². The summed E-state index contributed by atoms with van der Waals surface area (Å²) in [5, 5.41) is 2.55. The molecule has 1 fully saturated rings. The molecule has 0 unspecified atom stereocenters. The van der Waals surface area contributed by atoms with Crippen LogP contribution in [0.15, 0.2) is 24.3 Å². The van der Waals surface area contributed by atoms with E-state index in [0.29, 0.717) is 12.1 Å². The van der Waals surface area contributed by atoms with Gasteiger partial charge in [0.15, 0.2) is 16.4 Å². The Labute approximate surface area is 146 Å². The summed E-state index contributed by atoms with van der Waals surface area (Å²) in [6.07, 6.45) is 0.386. The van der Waals surface area contributed by atoms with Gasteiger partial charge in [-0.2, -0.15) is 0 Å². The molecule has 0 radical (unpaired) electrons. The van der Waals surface area contributed by atoms with Crippen LogP contribution in [0.5, 0.6) is 0 Å². The van der Waals surface area contributed by atoms with Crippen LogP contribution in [-0.4, -0.2) is 62.3 Å². The molecular formula is C16H20N2O6S. The number of likely N-dealkylation sites (N-methyl/N-ethyl adjacent to an activating group) is 1. The Bertz CT molecular complexity index is 790. The molecule has 9 heteroatoms. The van der Waals surface area contributed by atoms with Gasteiger partial charge in [-0.3, -0.25) is 9.59 Å². The number of nitrogens with one attached hydrogen (secondary N) is 1. The molecule has 0 saturated carbocycles. The molecule has 0 spiro atoms. The van der Waals surface area contributed by atoms with Gasteiger partial charge >= 0.3 is 5.97 Å². The van der Waals surface area contributed by atoms with Gasteiger partial charge in [0.25, 0.3) is 5.91 Å². The first kappa shape index (κ1) is 18.9. The first-order valence-corrected chi connectivity index (χ1v) is 9.51. The van der Waals surface area contributed by atoms with Gasteiger partial charge in [-0.25, -0.2) is 13.2 Å². The number of hydrogen-bond acceptors (Lipinski definition) is 6. The summed E-state index contributed by atoms with van der Waals surface area (Å²) < 4.78 is 27.9. The molecule has 2 amide bonds. The fourth-order valence-electron chi connectivity index (χ4n) is 2.52. The van der Waals surface area contributed by atoms with Crippen LogP contribution in [0.1, 0.15) is 23.7 Å². The molecule has 1 aliphatic heterocycles. The maximum Gasteiger partial charge on any atom is 0.338 e. The van der Waals surface area contributed by atoms with E-state index in [1.165, 1.54) is 31.0 Å². The lowest BCUT2D eigenvalue weighted by molar-refractivity contribution is -0.134. The Hall–Kier alpha value is -2.42. The molecule has 0 bridgehead atoms. The highest BCUT2D eigenvalue weighted by atomic mass is 32.2. The Kier molecular flexibility index (Phi) is 5.78. The van der Waals surface area contributed by atoms with Gasteiger partial charge in [0, 0.05) is 25.7 Å². The summed E-state index contributed by atoms with van der Waals surface area (Å²) in [7, 11) is -1.60. The van der Waals surface area contributed by atoms with Crippen LogP contribution in [-0.2, 0) is 24.2 Å². The number of ether oxygens (including phenoxy) is 1. The van der Waals surface area contributed by atoms with E-state index in [-0.39, 0.29) is 29.0 Å². The lowest BCUT2D eigenvalue weighted by Crippen LogP contribution is -2.40. The molecule has 1 aromatic carbocycles. The van der Waals surface area contributed by atoms with Crippen LogP contribution in [0, 0.1) is 0 Å². The molecular weight excluding hydrogens is 348 g/mol. The van der Waals surface area contributed by atoms with Gasteiger partial charge in [0.2, 0.25) is 5.91 Å². The predicted molar refractivity (Wildman–Crippen MR) is 90.9 cm³/mol. The average molecular weight is 368 g/mol. The third-order valence-corrected chi connectivity index (χ3v) is 5.65. The maximum absolute atomic E-state index is 12.1. The van der Waals surface area contributed by atoms with Crippen LogP contribution in [0.3, 0.4) is 0 Å². The van der Waals surface area contributed by atoms with Crippen LogP contribution < -0.4 is 5.32 Å². The van der Waals surface area contributed by atoms with E-state index in [2.05, 4.69) is 5.32 Å². The third-order valence-electron chi connectivity index (χ3n) is 3.89. The second-order valence-corrected chi connectivity index (χ2v) is 8.13. The standard InChI is InChI=1S/C16H20N2O6S/c1-11(19)17-13-5-3-4-12(8-13)16(21)24-9-15(20)18(2)14-6-7-25(22,23)10-14/h3-5,8,14H,6-7,9-10H2,1-2H3,(H,17,19)/t14-/m1/s1. The van der Waals surface area contributed by atoms with E-state index < -0.39 is 28.3 Å². The number of rotatable bonds is 5. The van der Waals surface area contributed by atoms with E-state index >= 15 is 0 Å². The second kappa shape index (κ2) is 7.64. The summed E-state index contributed by atoms with van der Waals surface area (Å²) >= 11 is 0. The Balaban J connectivity index is 1.91. The van der Waals surface area contributed by atoms with Crippen molar-refractivity contribution >= 4 is 33.3 Å². The van der Waals surface area contributed by atoms with E-state index in [1.807, 2.05) is 0 Å². The molecule has 0 aromatic heterocycles. The van der Waals surface area contributed by atoms with Crippen molar-refractivity contribution in [2.75, 3.05) is 30.5 Å². The average Bonchev–Trinajstić information content (AvgIpc) is 2.91. The lowest BCUT2D eigenvalue weighted by Gasteiger charge is -2.23. The van der Waals surface area contributed by atoms with Crippen molar-refractivity contribution in [3.8, 4) is 0 Å². The van der Waals surface area contributed by atoms with Crippen molar-refractivity contribution in [1.29, 1.82) is 0 Å². The summed E-state index contributed by atoms with van der Waals surface area (Å²) in [6, 6.07) is 5.77. The normalized spacial score (nSPS) is 18.4. The van der Waals surface area contributed by atoms with Gasteiger partial charge in [-0.05, 0) is 24.6 Å². The SMILES string of the molecule is CC(=O)Nc1cccc(C(=O)OCC(=O)N(C)[C@@H]2CCS(=O)(=O)C2)c1. The molecule has 136 valence electrons. The number of benzene rings is 1. The topological polar surface area (TPSA) is 110 Å². The van der Waals surface area contributed by atoms with Gasteiger partial charge in [0.05, 0.1) is 17.1 Å². The van der Waals surface area contributed by atoms with E-state index in [1.54, 1.807) is 12.1 Å². The van der Waals surface area contributed by atoms with Gasteiger partial charge in [0.1, 0.15) is 0 Å². The molecule has 1 aliphatic rings. The van der Waals surface area contributed by atoms with Crippen LogP contribution in [0.25, 0.3) is 0 Å². The number of carbonyl (C=O) groups excluding carboxylic acids is 3. The van der Waals surface area contributed by atoms with Crippen molar-refractivity contribution in [3.63, 3.8) is 0 Å². The lowest BCUT2D eigenvalue weighted by atomic mass is 10.2. The minimum atomic E-state index is -3.10. The first-order valence-electron chi connectivity index (χ1n) is 7.69. The largest absolute Gasteiger partial charge is 0.452 e. The summed E-state index contributed by atoms with van der Waals surface area (Å²) in [5.74, 6) is -1.44. The number of carbonyl (C=O) groups is 3. The quantitative estimate of drug-likeness (QED) is 0.756. The Morgan fingerprint density at radius 3 is 2.64 bits per heavy atom. The zero-order valence-corrected chi connectivity index (χ0v) is 14.8. The molecule has 1 heterocycles. The Morgan fingerprint density at radius 1 is 1.32 bits per heavy atom. The molecule has 1 N–H and O–H groups in total. The minimum Gasteiger partial charge on any atom is -0.452 e. The Morgan fingerprint density at radius 2 is 2.04 bits per heavy atom. The number of nitrogens with zero attached hydrogens (tertiary/aromatic N) is 1. The summed E-state index contributed by atoms with van der Waals surface area (Å²) in [4.78, 5) is 36.5. The minimum absolute atomic E-state index is 0.0605. The highest BCUT2D eigenvalue weighted by Crippen LogP contribution is 2.17. The molecule has 1 aromatic rings. The van der Waals surface area contributed by atoms with Crippen LogP contribution >= 0.6 is 0 Å². The maximum atomic E-state index is 12.1. The highest BCUT2D eigenvalue weighted by molar-refractivity contribution is 7.91. The summed E-state index contributed by atoms with van der Waals surface area (Å²) in [5.41, 5.74) is 0.645. The molecule has 8 nitrogen and oxygen atoms in total. The monoisotopic (exact) mass is 368 g/mol. The number of amides is 2. The van der Waals surface area contributed by atoms with E-state index in [0.717, 1.165) is 0 Å². The summed E-state index contributed by atoms with van der Waals surface area (Å²) in [6.45, 7) is 0.874. The van der Waals surface area contributed by atoms with Crippen molar-refractivity contribution in [2.24, 2.45) is 0 Å². The fourth-order valence-corrected chi connectivity index (χ4v) is 4.30. The zero-order valence-electron chi connectivity index (χ0n) is 14.0. The van der Waals surface area contributed by atoms with E-state index in [4.69, 9.17) is 4.74 Å². The second-order valence-electron chi connectivity index (χ2n) is 5.90. The number of anilines is 1. The smallest absolute Gasteiger partial charge is 0.338 e. The fraction of sp³-hybridized carbons (Fsp3) is 0.438. The van der Waals surface area contributed by atoms with Gasteiger partial charge in [-0.15, -0.1) is 0 Å². The van der Waals surface area contributed by atoms with Crippen LogP contribution in [0.2, 0.25) is 0 Å². The molecule has 0 aliphatic carbocycles. The zero-order chi connectivity index (χ0) is 18.6. The van der Waals surface area contributed by atoms with Crippen LogP contribution in [0.4, 0.5) is 5.69 Å². The molecule has 25 heavy (non-hydrogen) atoms. The number of sulfone groups is 1. The molecule has 1 atom stereocenters.